The van der Waals surface area contributed by atoms with Gasteiger partial charge in [0.1, 0.15) is 4.87 Å². The number of halogens is 7. The fourth-order valence-electron chi connectivity index (χ4n) is 1.68. The van der Waals surface area contributed by atoms with E-state index in [9.17, 15) is 0 Å². The Bertz CT molecular complexity index is 388. The minimum absolute atomic E-state index is 0.369. The summed E-state index contributed by atoms with van der Waals surface area (Å²) in [6, 6.07) is 0. The quantitative estimate of drug-likeness (QED) is 0.340. The van der Waals surface area contributed by atoms with Crippen molar-refractivity contribution in [3.05, 3.63) is 23.9 Å². The molecule has 1 aliphatic carbocycles. The molecule has 2 rings (SSSR count). The maximum atomic E-state index is 6.38. The third-order valence-electron chi connectivity index (χ3n) is 2.58. The number of hydrogen-bond donors (Lipinski definition) is 0. The molecule has 0 bridgehead atoms. The first-order valence-corrected chi connectivity index (χ1v) is 6.77. The highest BCUT2D eigenvalue weighted by Gasteiger charge is 2.74. The van der Waals surface area contributed by atoms with Crippen molar-refractivity contribution >= 4 is 81.4 Å². The van der Waals surface area contributed by atoms with Crippen LogP contribution in [0, 0.1) is 0 Å². The van der Waals surface area contributed by atoms with Gasteiger partial charge < -0.3 is 0 Å². The van der Waals surface area contributed by atoms with Crippen LogP contribution in [0.5, 0.6) is 0 Å². The monoisotopic (exact) mass is 359 g/mol. The van der Waals surface area contributed by atoms with Gasteiger partial charge in [0.05, 0.1) is 11.1 Å². The van der Waals surface area contributed by atoms with Crippen molar-refractivity contribution in [1.82, 2.24) is 4.42 Å². The molecule has 2 unspecified atom stereocenters. The lowest BCUT2D eigenvalue weighted by atomic mass is 9.94. The lowest BCUT2D eigenvalue weighted by Gasteiger charge is -2.37. The molecule has 8 heteroatoms. The van der Waals surface area contributed by atoms with Gasteiger partial charge in [-0.2, -0.15) is 0 Å². The third kappa shape index (κ3) is 1.40. The van der Waals surface area contributed by atoms with Crippen LogP contribution in [-0.2, 0) is 0 Å². The molecule has 1 fully saturated rings. The normalized spacial score (nSPS) is 39.6. The van der Waals surface area contributed by atoms with Crippen LogP contribution in [0.2, 0.25) is 0 Å². The maximum Gasteiger partial charge on any atom is 0.239 e. The molecule has 0 N–H and O–H groups in total. The van der Waals surface area contributed by atoms with Crippen molar-refractivity contribution in [2.45, 2.75) is 19.0 Å². The fraction of sp³-hybridized carbons (Fsp3) is 0.500. The first-order valence-electron chi connectivity index (χ1n) is 4.11. The number of alkyl halides is 6. The minimum Gasteiger partial charge on any atom is -0.250 e. The zero-order chi connectivity index (χ0) is 12.4. The average molecular weight is 362 g/mol. The molecule has 90 valence electrons. The summed E-state index contributed by atoms with van der Waals surface area (Å²) in [6.07, 6.45) is 4.93. The van der Waals surface area contributed by atoms with Crippen LogP contribution < -0.4 is 0 Å². The van der Waals surface area contributed by atoms with Crippen LogP contribution in [0.1, 0.15) is 0 Å². The second-order valence-electron chi connectivity index (χ2n) is 3.45. The molecule has 1 saturated heterocycles. The Kier molecular flexibility index (Phi) is 3.35. The first kappa shape index (κ1) is 13.7. The van der Waals surface area contributed by atoms with Crippen molar-refractivity contribution in [1.29, 1.82) is 0 Å². The van der Waals surface area contributed by atoms with E-state index in [1.807, 2.05) is 0 Å². The molecular formula is C8H4Cl7N. The standard InChI is InChI=1S/C8H4Cl7N/c9-4-2-1-3-5-6(4,10)7(11,12)8(13,14)16(5)15/h1-4H. The summed E-state index contributed by atoms with van der Waals surface area (Å²) < 4.78 is -2.53. The van der Waals surface area contributed by atoms with Crippen molar-refractivity contribution in [2.75, 3.05) is 0 Å². The average Bonchev–Trinajstić information content (AvgIpc) is 2.29. The lowest BCUT2D eigenvalue weighted by molar-refractivity contribution is 0.516. The van der Waals surface area contributed by atoms with E-state index < -0.39 is 19.0 Å². The summed E-state index contributed by atoms with van der Waals surface area (Å²) in [7, 11) is 0. The van der Waals surface area contributed by atoms with Crippen molar-refractivity contribution < 1.29 is 0 Å². The van der Waals surface area contributed by atoms with E-state index in [-0.39, 0.29) is 0 Å². The largest absolute Gasteiger partial charge is 0.250 e. The van der Waals surface area contributed by atoms with Crippen molar-refractivity contribution in [2.24, 2.45) is 0 Å². The molecule has 0 spiro atoms. The molecular weight excluding hydrogens is 358 g/mol. The summed E-state index contributed by atoms with van der Waals surface area (Å²) in [5.41, 5.74) is 0.369. The molecule has 0 saturated carbocycles. The van der Waals surface area contributed by atoms with Crippen LogP contribution in [0.4, 0.5) is 0 Å². The zero-order valence-electron chi connectivity index (χ0n) is 7.40. The Hall–Kier alpha value is 1.31. The summed E-state index contributed by atoms with van der Waals surface area (Å²) in [5.74, 6) is 0. The van der Waals surface area contributed by atoms with E-state index in [4.69, 9.17) is 81.4 Å². The second-order valence-corrected chi connectivity index (χ2v) is 7.47. The Labute approximate surface area is 128 Å². The van der Waals surface area contributed by atoms with Crippen molar-refractivity contribution in [3.8, 4) is 0 Å². The van der Waals surface area contributed by atoms with Gasteiger partial charge in [0.25, 0.3) is 0 Å². The second kappa shape index (κ2) is 3.90. The smallest absolute Gasteiger partial charge is 0.239 e. The number of allylic oxidation sites excluding steroid dienone is 4. The molecule has 1 heterocycles. The SMILES string of the molecule is ClC1C=CC=C2N(Cl)C(Cl)(Cl)C(Cl)(Cl)C21Cl. The van der Waals surface area contributed by atoms with Gasteiger partial charge in [0, 0.05) is 11.8 Å². The van der Waals surface area contributed by atoms with E-state index in [1.165, 1.54) is 0 Å². The molecule has 0 aromatic heterocycles. The van der Waals surface area contributed by atoms with Crippen LogP contribution in [-0.4, -0.2) is 23.5 Å². The Morgan fingerprint density at radius 1 is 1.12 bits per heavy atom. The van der Waals surface area contributed by atoms with E-state index in [2.05, 4.69) is 0 Å². The van der Waals surface area contributed by atoms with Gasteiger partial charge in [0.15, 0.2) is 4.33 Å². The van der Waals surface area contributed by atoms with Gasteiger partial charge in [-0.05, 0) is 6.08 Å². The number of nitrogens with zero attached hydrogens (tertiary/aromatic N) is 1. The molecule has 2 aliphatic rings. The van der Waals surface area contributed by atoms with E-state index in [0.717, 1.165) is 4.42 Å². The molecule has 0 radical (unpaired) electrons. The molecule has 2 atom stereocenters. The van der Waals surface area contributed by atoms with Gasteiger partial charge in [-0.25, -0.2) is 4.42 Å². The summed E-state index contributed by atoms with van der Waals surface area (Å²) in [5, 5.41) is -0.676. The molecule has 0 amide bonds. The third-order valence-corrected chi connectivity index (χ3v) is 7.11. The van der Waals surface area contributed by atoms with Gasteiger partial charge in [-0.3, -0.25) is 0 Å². The van der Waals surface area contributed by atoms with E-state index in [1.54, 1.807) is 18.2 Å². The summed E-state index contributed by atoms with van der Waals surface area (Å²) in [4.78, 5) is -1.38. The topological polar surface area (TPSA) is 3.24 Å². The number of fused-ring (bicyclic) bond motifs is 1. The van der Waals surface area contributed by atoms with Gasteiger partial charge in [0.2, 0.25) is 4.46 Å². The maximum absolute atomic E-state index is 6.38. The molecule has 16 heavy (non-hydrogen) atoms. The van der Waals surface area contributed by atoms with E-state index >= 15 is 0 Å². The van der Waals surface area contributed by atoms with E-state index in [0.29, 0.717) is 5.70 Å². The van der Waals surface area contributed by atoms with Crippen molar-refractivity contribution in [3.63, 3.8) is 0 Å². The Morgan fingerprint density at radius 2 is 1.69 bits per heavy atom. The van der Waals surface area contributed by atoms with Gasteiger partial charge in [-0.1, -0.05) is 58.6 Å². The van der Waals surface area contributed by atoms with Crippen LogP contribution in [0.15, 0.2) is 23.9 Å². The predicted octanol–water partition coefficient (Wildman–Crippen LogP) is 4.80. The molecule has 1 aliphatic heterocycles. The minimum atomic E-state index is -1.77. The highest BCUT2D eigenvalue weighted by atomic mass is 35.5. The lowest BCUT2D eigenvalue weighted by Crippen LogP contribution is -2.51. The number of rotatable bonds is 0. The number of hydrogen-bond acceptors (Lipinski definition) is 1. The predicted molar refractivity (Wildman–Crippen MR) is 72.0 cm³/mol. The van der Waals surface area contributed by atoms with Crippen LogP contribution in [0.25, 0.3) is 0 Å². The van der Waals surface area contributed by atoms with Crippen LogP contribution >= 0.6 is 81.4 Å². The highest BCUT2D eigenvalue weighted by molar-refractivity contribution is 6.67. The Balaban J connectivity index is 2.66. The highest BCUT2D eigenvalue weighted by Crippen LogP contribution is 2.67. The fourth-order valence-corrected chi connectivity index (χ4v) is 4.12. The Morgan fingerprint density at radius 3 is 2.19 bits per heavy atom. The first-order chi connectivity index (χ1) is 7.17. The molecule has 0 aromatic rings. The van der Waals surface area contributed by atoms with Gasteiger partial charge >= 0.3 is 0 Å². The van der Waals surface area contributed by atoms with Crippen LogP contribution in [0.3, 0.4) is 0 Å². The zero-order valence-corrected chi connectivity index (χ0v) is 12.7. The van der Waals surface area contributed by atoms with Gasteiger partial charge in [-0.15, -0.1) is 23.2 Å². The summed E-state index contributed by atoms with van der Waals surface area (Å²) >= 11 is 42.8. The molecule has 1 nitrogen and oxygen atoms in total. The molecule has 0 aromatic carbocycles. The summed E-state index contributed by atoms with van der Waals surface area (Å²) in [6.45, 7) is 0.